The molecule has 4 aromatic rings. The van der Waals surface area contributed by atoms with Gasteiger partial charge in [-0.15, -0.1) is 0 Å². The summed E-state index contributed by atoms with van der Waals surface area (Å²) in [4.78, 5) is 0.102. The van der Waals surface area contributed by atoms with Crippen molar-refractivity contribution >= 4 is 10.1 Å². The van der Waals surface area contributed by atoms with E-state index in [4.69, 9.17) is 9.28 Å². The molecule has 0 atom stereocenters. The van der Waals surface area contributed by atoms with E-state index in [0.29, 0.717) is 5.69 Å². The van der Waals surface area contributed by atoms with Crippen LogP contribution < -0.4 is 4.18 Å². The van der Waals surface area contributed by atoms with Crippen LogP contribution in [0, 0.1) is 13.8 Å². The molecule has 0 aliphatic heterocycles. The van der Waals surface area contributed by atoms with Crippen LogP contribution >= 0.6 is 0 Å². The zero-order valence-corrected chi connectivity index (χ0v) is 20.3. The van der Waals surface area contributed by atoms with E-state index in [1.165, 1.54) is 0 Å². The molecule has 0 bridgehead atoms. The van der Waals surface area contributed by atoms with Gasteiger partial charge in [0.05, 0.1) is 11.4 Å². The van der Waals surface area contributed by atoms with E-state index < -0.39 is 10.1 Å². The van der Waals surface area contributed by atoms with Gasteiger partial charge in [-0.25, -0.2) is 0 Å². The van der Waals surface area contributed by atoms with E-state index in [1.54, 1.807) is 22.9 Å². The molecule has 1 heterocycles. The molecule has 33 heavy (non-hydrogen) atoms. The van der Waals surface area contributed by atoms with E-state index in [2.05, 4.69) is 20.8 Å². The highest BCUT2D eigenvalue weighted by atomic mass is 32.2. The van der Waals surface area contributed by atoms with E-state index in [1.807, 2.05) is 74.5 Å². The Labute approximate surface area is 195 Å². The summed E-state index contributed by atoms with van der Waals surface area (Å²) < 4.78 is 33.5. The van der Waals surface area contributed by atoms with Gasteiger partial charge in [-0.1, -0.05) is 80.9 Å². The summed E-state index contributed by atoms with van der Waals surface area (Å²) >= 11 is 0. The maximum Gasteiger partial charge on any atom is 0.340 e. The number of aryl methyl sites for hydroxylation is 2. The van der Waals surface area contributed by atoms with Crippen molar-refractivity contribution in [1.82, 2.24) is 9.78 Å². The minimum absolute atomic E-state index is 0.0741. The normalized spacial score (nSPS) is 12.0. The van der Waals surface area contributed by atoms with Crippen molar-refractivity contribution in [3.05, 3.63) is 95.6 Å². The Balaban J connectivity index is 1.78. The molecule has 0 amide bonds. The molecule has 0 N–H and O–H groups in total. The van der Waals surface area contributed by atoms with Crippen LogP contribution in [0.3, 0.4) is 0 Å². The molecule has 4 rings (SSSR count). The first-order valence-electron chi connectivity index (χ1n) is 10.8. The summed E-state index contributed by atoms with van der Waals surface area (Å²) in [5.41, 5.74) is 5.32. The first kappa shape index (κ1) is 22.8. The van der Waals surface area contributed by atoms with Crippen LogP contribution in [-0.2, 0) is 15.5 Å². The van der Waals surface area contributed by atoms with E-state index >= 15 is 0 Å². The van der Waals surface area contributed by atoms with Crippen molar-refractivity contribution in [2.45, 2.75) is 44.9 Å². The van der Waals surface area contributed by atoms with Crippen LogP contribution in [0.15, 0.2) is 83.8 Å². The lowest BCUT2D eigenvalue weighted by Gasteiger charge is -2.19. The molecule has 0 aliphatic rings. The second kappa shape index (κ2) is 8.52. The second-order valence-electron chi connectivity index (χ2n) is 9.25. The average Bonchev–Trinajstić information content (AvgIpc) is 3.16. The van der Waals surface area contributed by atoms with Crippen molar-refractivity contribution in [3.63, 3.8) is 0 Å². The van der Waals surface area contributed by atoms with Crippen LogP contribution in [0.2, 0.25) is 0 Å². The molecule has 0 saturated carbocycles. The molecule has 3 aromatic carbocycles. The number of aromatic nitrogens is 2. The Hall–Kier alpha value is -3.38. The maximum absolute atomic E-state index is 13.2. The van der Waals surface area contributed by atoms with Gasteiger partial charge in [0.25, 0.3) is 0 Å². The fourth-order valence-corrected chi connectivity index (χ4v) is 4.58. The smallest absolute Gasteiger partial charge is 0.340 e. The number of hydrogen-bond acceptors (Lipinski definition) is 4. The third-order valence-electron chi connectivity index (χ3n) is 5.53. The van der Waals surface area contributed by atoms with Crippen molar-refractivity contribution in [3.8, 4) is 22.8 Å². The standard InChI is InChI=1S/C27H28N2O3S/c1-19-11-16-25(20(2)17-19)29-26(18-24(28-29)21-9-7-6-8-10-21)32-33(30,31)23-14-12-22(13-15-23)27(3,4)5/h6-18H,1-5H3. The van der Waals surface area contributed by atoms with Crippen LogP contribution in [0.4, 0.5) is 0 Å². The highest BCUT2D eigenvalue weighted by molar-refractivity contribution is 7.87. The third-order valence-corrected chi connectivity index (χ3v) is 6.77. The highest BCUT2D eigenvalue weighted by Crippen LogP contribution is 2.30. The Morgan fingerprint density at radius 1 is 0.848 bits per heavy atom. The average molecular weight is 461 g/mol. The zero-order valence-electron chi connectivity index (χ0n) is 19.5. The topological polar surface area (TPSA) is 61.2 Å². The molecule has 5 nitrogen and oxygen atoms in total. The second-order valence-corrected chi connectivity index (χ2v) is 10.8. The highest BCUT2D eigenvalue weighted by Gasteiger charge is 2.23. The zero-order chi connectivity index (χ0) is 23.8. The van der Waals surface area contributed by atoms with Crippen LogP contribution in [0.1, 0.15) is 37.5 Å². The third kappa shape index (κ3) is 4.86. The maximum atomic E-state index is 13.2. The van der Waals surface area contributed by atoms with E-state index in [9.17, 15) is 8.42 Å². The lowest BCUT2D eigenvalue weighted by atomic mass is 9.87. The van der Waals surface area contributed by atoms with Gasteiger partial charge >= 0.3 is 10.1 Å². The molecular weight excluding hydrogens is 432 g/mol. The van der Waals surface area contributed by atoms with Gasteiger partial charge in [0.1, 0.15) is 4.90 Å². The lowest BCUT2D eigenvalue weighted by molar-refractivity contribution is 0.464. The molecule has 0 spiro atoms. The van der Waals surface area contributed by atoms with Crippen molar-refractivity contribution in [2.24, 2.45) is 0 Å². The van der Waals surface area contributed by atoms with E-state index in [-0.39, 0.29) is 16.2 Å². The SMILES string of the molecule is Cc1ccc(-n2nc(-c3ccccc3)cc2OS(=O)(=O)c2ccc(C(C)(C)C)cc2)c(C)c1. The molecular formula is C27H28N2O3S. The summed E-state index contributed by atoms with van der Waals surface area (Å²) in [7, 11) is -4.06. The summed E-state index contributed by atoms with van der Waals surface area (Å²) in [6.07, 6.45) is 0. The number of nitrogens with zero attached hydrogens (tertiary/aromatic N) is 2. The van der Waals surface area contributed by atoms with Gasteiger partial charge in [0.15, 0.2) is 0 Å². The first-order chi connectivity index (χ1) is 15.5. The monoisotopic (exact) mass is 460 g/mol. The minimum Gasteiger partial charge on any atom is -0.358 e. The Kier molecular flexibility index (Phi) is 5.89. The Bertz CT molecular complexity index is 1380. The van der Waals surface area contributed by atoms with Gasteiger partial charge in [-0.2, -0.15) is 18.2 Å². The fourth-order valence-electron chi connectivity index (χ4n) is 3.67. The summed E-state index contributed by atoms with van der Waals surface area (Å²) in [6.45, 7) is 10.2. The van der Waals surface area contributed by atoms with Gasteiger partial charge in [-0.05, 0) is 48.6 Å². The summed E-state index contributed by atoms with van der Waals surface area (Å²) in [5, 5.41) is 4.69. The predicted molar refractivity (Wildman–Crippen MR) is 131 cm³/mol. The predicted octanol–water partition coefficient (Wildman–Crippen LogP) is 6.22. The molecule has 0 aliphatic carbocycles. The van der Waals surface area contributed by atoms with Gasteiger partial charge < -0.3 is 4.18 Å². The van der Waals surface area contributed by atoms with Crippen LogP contribution in [-0.4, -0.2) is 18.2 Å². The number of rotatable bonds is 5. The van der Waals surface area contributed by atoms with Crippen molar-refractivity contribution in [1.29, 1.82) is 0 Å². The van der Waals surface area contributed by atoms with Gasteiger partial charge in [0, 0.05) is 11.6 Å². The van der Waals surface area contributed by atoms with Crippen molar-refractivity contribution < 1.29 is 12.6 Å². The quantitative estimate of drug-likeness (QED) is 0.332. The molecule has 0 fully saturated rings. The largest absolute Gasteiger partial charge is 0.358 e. The molecule has 0 radical (unpaired) electrons. The number of benzene rings is 3. The van der Waals surface area contributed by atoms with Gasteiger partial charge in [-0.3, -0.25) is 0 Å². The van der Waals surface area contributed by atoms with Crippen LogP contribution in [0.5, 0.6) is 5.88 Å². The summed E-state index contributed by atoms with van der Waals surface area (Å²) in [6, 6.07) is 24.0. The molecule has 0 unspecified atom stereocenters. The van der Waals surface area contributed by atoms with Crippen molar-refractivity contribution in [2.75, 3.05) is 0 Å². The molecule has 0 saturated heterocycles. The first-order valence-corrected chi connectivity index (χ1v) is 12.2. The van der Waals surface area contributed by atoms with E-state index in [0.717, 1.165) is 27.9 Å². The van der Waals surface area contributed by atoms with Gasteiger partial charge in [0.2, 0.25) is 5.88 Å². The Morgan fingerprint density at radius 2 is 1.52 bits per heavy atom. The molecule has 170 valence electrons. The van der Waals surface area contributed by atoms with Crippen LogP contribution in [0.25, 0.3) is 16.9 Å². The molecule has 1 aromatic heterocycles. The minimum atomic E-state index is -4.06. The summed E-state index contributed by atoms with van der Waals surface area (Å²) in [5.74, 6) is 0.140. The Morgan fingerprint density at radius 3 is 2.12 bits per heavy atom. The molecule has 6 heteroatoms. The fraction of sp³-hybridized carbons (Fsp3) is 0.222. The lowest BCUT2D eigenvalue weighted by Crippen LogP contribution is -2.14. The number of hydrogen-bond donors (Lipinski definition) is 0.